The third kappa shape index (κ3) is 2.03. The second-order valence-corrected chi connectivity index (χ2v) is 3.53. The molecule has 1 aliphatic rings. The molecular formula is C8H15BN2O2. The zero-order valence-electron chi connectivity index (χ0n) is 7.62. The molecule has 1 heterocycles. The Labute approximate surface area is 79.3 Å². The lowest BCUT2D eigenvalue weighted by Gasteiger charge is -2.26. The summed E-state index contributed by atoms with van der Waals surface area (Å²) in [6, 6.07) is -0.131. The first kappa shape index (κ1) is 10.5. The van der Waals surface area contributed by atoms with Crippen LogP contribution in [0.25, 0.3) is 0 Å². The van der Waals surface area contributed by atoms with Gasteiger partial charge in [-0.15, -0.1) is 0 Å². The molecule has 0 spiro atoms. The molecule has 1 rings (SSSR count). The fraction of sp³-hybridized carbons (Fsp3) is 0.875. The van der Waals surface area contributed by atoms with Gasteiger partial charge in [0.15, 0.2) is 0 Å². The van der Waals surface area contributed by atoms with Crippen LogP contribution in [0.3, 0.4) is 0 Å². The van der Waals surface area contributed by atoms with Crippen LogP contribution in [0.15, 0.2) is 0 Å². The third-order valence-corrected chi connectivity index (χ3v) is 2.65. The van der Waals surface area contributed by atoms with Gasteiger partial charge in [0.1, 0.15) is 5.54 Å². The Kier molecular flexibility index (Phi) is 3.33. The Morgan fingerprint density at radius 2 is 2.46 bits per heavy atom. The first-order valence-corrected chi connectivity index (χ1v) is 4.57. The minimum absolute atomic E-state index is 0.131. The van der Waals surface area contributed by atoms with E-state index in [-0.39, 0.29) is 6.04 Å². The van der Waals surface area contributed by atoms with Gasteiger partial charge in [-0.05, 0) is 19.4 Å². The van der Waals surface area contributed by atoms with Gasteiger partial charge >= 0.3 is 5.97 Å². The number of aliphatic carboxylic acids is 1. The van der Waals surface area contributed by atoms with E-state index in [1.807, 2.05) is 0 Å². The van der Waals surface area contributed by atoms with Gasteiger partial charge in [-0.3, -0.25) is 4.79 Å². The minimum Gasteiger partial charge on any atom is -0.480 e. The van der Waals surface area contributed by atoms with Gasteiger partial charge in [0, 0.05) is 6.04 Å². The van der Waals surface area contributed by atoms with Crippen molar-refractivity contribution >= 4 is 13.8 Å². The van der Waals surface area contributed by atoms with Crippen LogP contribution in [0.2, 0.25) is 6.32 Å². The molecule has 1 saturated heterocycles. The summed E-state index contributed by atoms with van der Waals surface area (Å²) in [5, 5.41) is 12.0. The maximum absolute atomic E-state index is 10.9. The summed E-state index contributed by atoms with van der Waals surface area (Å²) in [5.41, 5.74) is 4.70. The van der Waals surface area contributed by atoms with Crippen molar-refractivity contribution < 1.29 is 9.90 Å². The first-order chi connectivity index (χ1) is 6.11. The molecule has 4 nitrogen and oxygen atoms in total. The van der Waals surface area contributed by atoms with Crippen LogP contribution in [0.5, 0.6) is 0 Å². The lowest BCUT2D eigenvalue weighted by molar-refractivity contribution is -0.143. The molecule has 1 aliphatic heterocycles. The summed E-state index contributed by atoms with van der Waals surface area (Å²) in [4.78, 5) is 10.9. The van der Waals surface area contributed by atoms with Gasteiger partial charge in [0.25, 0.3) is 0 Å². The maximum Gasteiger partial charge on any atom is 0.325 e. The Hall–Kier alpha value is -0.545. The van der Waals surface area contributed by atoms with E-state index in [4.69, 9.17) is 18.7 Å². The van der Waals surface area contributed by atoms with E-state index in [0.29, 0.717) is 19.3 Å². The van der Waals surface area contributed by atoms with E-state index in [0.717, 1.165) is 12.8 Å². The van der Waals surface area contributed by atoms with Crippen molar-refractivity contribution in [2.45, 2.75) is 37.2 Å². The molecule has 0 bridgehead atoms. The highest BCUT2D eigenvalue weighted by Crippen LogP contribution is 2.22. The van der Waals surface area contributed by atoms with Gasteiger partial charge in [0.05, 0.1) is 7.85 Å². The summed E-state index contributed by atoms with van der Waals surface area (Å²) >= 11 is 0. The summed E-state index contributed by atoms with van der Waals surface area (Å²) in [6.45, 7) is 0.679. The maximum atomic E-state index is 10.9. The normalized spacial score (nSPS) is 33.5. The molecule has 0 aromatic carbocycles. The molecule has 2 radical (unpaired) electrons. The van der Waals surface area contributed by atoms with Gasteiger partial charge < -0.3 is 16.2 Å². The van der Waals surface area contributed by atoms with E-state index < -0.39 is 11.5 Å². The van der Waals surface area contributed by atoms with E-state index in [9.17, 15) is 4.79 Å². The van der Waals surface area contributed by atoms with E-state index in [1.54, 1.807) is 0 Å². The fourth-order valence-electron chi connectivity index (χ4n) is 1.75. The van der Waals surface area contributed by atoms with Gasteiger partial charge in [0.2, 0.25) is 0 Å². The predicted molar refractivity (Wildman–Crippen MR) is 50.8 cm³/mol. The number of rotatable bonds is 4. The lowest BCUT2D eigenvalue weighted by atomic mass is 9.87. The quantitative estimate of drug-likeness (QED) is 0.512. The van der Waals surface area contributed by atoms with Crippen LogP contribution in [-0.2, 0) is 4.79 Å². The van der Waals surface area contributed by atoms with Gasteiger partial charge in [-0.2, -0.15) is 0 Å². The predicted octanol–water partition coefficient (Wildman–Crippen LogP) is -0.503. The van der Waals surface area contributed by atoms with E-state index in [2.05, 4.69) is 5.32 Å². The van der Waals surface area contributed by atoms with Crippen LogP contribution in [0.4, 0.5) is 0 Å². The average Bonchev–Trinajstić information content (AvgIpc) is 2.45. The molecule has 4 N–H and O–H groups in total. The molecule has 13 heavy (non-hydrogen) atoms. The van der Waals surface area contributed by atoms with Crippen molar-refractivity contribution in [2.75, 3.05) is 6.54 Å². The zero-order valence-corrected chi connectivity index (χ0v) is 7.62. The third-order valence-electron chi connectivity index (χ3n) is 2.65. The van der Waals surface area contributed by atoms with Crippen LogP contribution in [0, 0.1) is 0 Å². The Balaban J connectivity index is 2.57. The van der Waals surface area contributed by atoms with Crippen LogP contribution in [0.1, 0.15) is 19.3 Å². The monoisotopic (exact) mass is 182 g/mol. The van der Waals surface area contributed by atoms with Crippen molar-refractivity contribution in [1.29, 1.82) is 0 Å². The number of carbonyl (C=O) groups is 1. The smallest absolute Gasteiger partial charge is 0.325 e. The highest BCUT2D eigenvalue weighted by Gasteiger charge is 2.45. The summed E-state index contributed by atoms with van der Waals surface area (Å²) < 4.78 is 0. The largest absolute Gasteiger partial charge is 0.480 e. The SMILES string of the molecule is [B]CCC[C@H]1NCC[C@@]1(N)C(=O)O. The fourth-order valence-corrected chi connectivity index (χ4v) is 1.75. The molecule has 1 fully saturated rings. The molecule has 0 unspecified atom stereocenters. The van der Waals surface area contributed by atoms with Crippen molar-refractivity contribution in [3.05, 3.63) is 0 Å². The van der Waals surface area contributed by atoms with Crippen molar-refractivity contribution in [2.24, 2.45) is 5.73 Å². The van der Waals surface area contributed by atoms with Crippen LogP contribution >= 0.6 is 0 Å². The van der Waals surface area contributed by atoms with Gasteiger partial charge in [-0.1, -0.05) is 12.7 Å². The number of hydrogen-bond acceptors (Lipinski definition) is 3. The highest BCUT2D eigenvalue weighted by molar-refractivity contribution is 6.08. The molecule has 0 saturated carbocycles. The average molecular weight is 182 g/mol. The molecule has 0 aromatic rings. The summed E-state index contributed by atoms with van der Waals surface area (Å²) in [5.74, 6) is -0.917. The van der Waals surface area contributed by atoms with E-state index in [1.165, 1.54) is 0 Å². The Morgan fingerprint density at radius 3 is 3.00 bits per heavy atom. The van der Waals surface area contributed by atoms with Crippen molar-refractivity contribution in [3.8, 4) is 0 Å². The molecular weight excluding hydrogens is 167 g/mol. The molecule has 5 heteroatoms. The number of hydrogen-bond donors (Lipinski definition) is 3. The summed E-state index contributed by atoms with van der Waals surface area (Å²) in [7, 11) is 5.36. The minimum atomic E-state index is -1.09. The molecule has 0 amide bonds. The lowest BCUT2D eigenvalue weighted by Crippen LogP contribution is -2.56. The Morgan fingerprint density at radius 1 is 1.77 bits per heavy atom. The number of nitrogens with two attached hydrogens (primary N) is 1. The molecule has 0 aromatic heterocycles. The second kappa shape index (κ2) is 4.11. The molecule has 72 valence electrons. The topological polar surface area (TPSA) is 75.3 Å². The summed E-state index contributed by atoms with van der Waals surface area (Å²) in [6.07, 6.45) is 2.62. The standard InChI is InChI=1S/C8H15BN2O2/c9-4-1-2-6-8(10,7(12)13)3-5-11-6/h6,11H,1-5,10H2,(H,12,13)/t6-,8+/m1/s1. The number of carboxylic acids is 1. The number of carboxylic acid groups (broad SMARTS) is 1. The van der Waals surface area contributed by atoms with Crippen molar-refractivity contribution in [1.82, 2.24) is 5.32 Å². The molecule has 2 atom stereocenters. The first-order valence-electron chi connectivity index (χ1n) is 4.57. The van der Waals surface area contributed by atoms with Crippen molar-refractivity contribution in [3.63, 3.8) is 0 Å². The highest BCUT2D eigenvalue weighted by atomic mass is 16.4. The number of nitrogens with one attached hydrogen (secondary N) is 1. The van der Waals surface area contributed by atoms with E-state index >= 15 is 0 Å². The molecule has 0 aliphatic carbocycles. The Bertz CT molecular complexity index is 201. The van der Waals surface area contributed by atoms with Gasteiger partial charge in [-0.25, -0.2) is 0 Å². The van der Waals surface area contributed by atoms with Crippen LogP contribution < -0.4 is 11.1 Å². The van der Waals surface area contributed by atoms with Crippen LogP contribution in [-0.4, -0.2) is 37.0 Å². The zero-order chi connectivity index (χ0) is 9.90. The second-order valence-electron chi connectivity index (χ2n) is 3.53.